The van der Waals surface area contributed by atoms with Crippen LogP contribution in [0.1, 0.15) is 11.1 Å². The first kappa shape index (κ1) is 27.4. The SMILES string of the molecule is N#Cc1cccc(-c2ccccc2-c2cccc(-n3c4ccccc4c4cccc(C#N)c43)c2)c1-n1c2ccccc2c2ccccc21. The molecule has 0 fully saturated rings. The monoisotopic (exact) mass is 610 g/mol. The summed E-state index contributed by atoms with van der Waals surface area (Å²) in [7, 11) is 0. The lowest BCUT2D eigenvalue weighted by Crippen LogP contribution is -2.01. The van der Waals surface area contributed by atoms with Gasteiger partial charge in [-0.15, -0.1) is 0 Å². The van der Waals surface area contributed by atoms with Crippen molar-refractivity contribution in [3.63, 3.8) is 0 Å². The maximum Gasteiger partial charge on any atom is 0.101 e. The molecule has 0 spiro atoms. The van der Waals surface area contributed by atoms with Crippen LogP contribution in [0.2, 0.25) is 0 Å². The van der Waals surface area contributed by atoms with Crippen LogP contribution in [0.4, 0.5) is 0 Å². The van der Waals surface area contributed by atoms with Crippen LogP contribution in [0.5, 0.6) is 0 Å². The summed E-state index contributed by atoms with van der Waals surface area (Å²) < 4.78 is 4.45. The molecule has 9 rings (SSSR count). The largest absolute Gasteiger partial charge is 0.308 e. The smallest absolute Gasteiger partial charge is 0.101 e. The Bertz CT molecular complexity index is 2760. The zero-order valence-corrected chi connectivity index (χ0v) is 25.8. The van der Waals surface area contributed by atoms with Gasteiger partial charge >= 0.3 is 0 Å². The average Bonchev–Trinajstić information content (AvgIpc) is 3.68. The lowest BCUT2D eigenvalue weighted by Gasteiger charge is -2.18. The molecule has 0 aliphatic carbocycles. The van der Waals surface area contributed by atoms with Crippen molar-refractivity contribution < 1.29 is 0 Å². The van der Waals surface area contributed by atoms with Crippen molar-refractivity contribution in [2.24, 2.45) is 0 Å². The maximum atomic E-state index is 10.5. The van der Waals surface area contributed by atoms with E-state index in [2.05, 4.69) is 143 Å². The third-order valence-electron chi connectivity index (χ3n) is 9.41. The van der Waals surface area contributed by atoms with Crippen molar-refractivity contribution >= 4 is 43.6 Å². The van der Waals surface area contributed by atoms with E-state index in [1.54, 1.807) is 0 Å². The molecule has 4 heteroatoms. The molecule has 48 heavy (non-hydrogen) atoms. The minimum Gasteiger partial charge on any atom is -0.308 e. The molecule has 0 bridgehead atoms. The topological polar surface area (TPSA) is 57.4 Å². The molecule has 0 saturated carbocycles. The van der Waals surface area contributed by atoms with Crippen LogP contribution in [-0.2, 0) is 0 Å². The normalized spacial score (nSPS) is 11.3. The van der Waals surface area contributed by atoms with Crippen molar-refractivity contribution in [2.75, 3.05) is 0 Å². The van der Waals surface area contributed by atoms with Gasteiger partial charge in [0, 0.05) is 32.8 Å². The number of rotatable bonds is 4. The van der Waals surface area contributed by atoms with E-state index in [0.29, 0.717) is 11.1 Å². The van der Waals surface area contributed by atoms with Gasteiger partial charge in [0.15, 0.2) is 0 Å². The second kappa shape index (κ2) is 10.9. The molecule has 0 N–H and O–H groups in total. The summed E-state index contributed by atoms with van der Waals surface area (Å²) in [5.41, 5.74) is 11.3. The van der Waals surface area contributed by atoms with Crippen LogP contribution in [0.25, 0.3) is 77.2 Å². The van der Waals surface area contributed by atoms with Crippen LogP contribution in [0, 0.1) is 22.7 Å². The van der Waals surface area contributed by atoms with E-state index < -0.39 is 0 Å². The Morgan fingerprint density at radius 1 is 0.396 bits per heavy atom. The van der Waals surface area contributed by atoms with Gasteiger partial charge in [-0.3, -0.25) is 0 Å². The molecule has 0 aliphatic rings. The number of hydrogen-bond acceptors (Lipinski definition) is 2. The van der Waals surface area contributed by atoms with Gasteiger partial charge in [0.25, 0.3) is 0 Å². The number of para-hydroxylation sites is 5. The number of nitriles is 2. The Kier molecular flexibility index (Phi) is 6.22. The van der Waals surface area contributed by atoms with Gasteiger partial charge in [-0.25, -0.2) is 0 Å². The Balaban J connectivity index is 1.30. The Morgan fingerprint density at radius 2 is 0.896 bits per heavy atom. The van der Waals surface area contributed by atoms with Gasteiger partial charge in [0.05, 0.1) is 38.9 Å². The zero-order chi connectivity index (χ0) is 32.2. The van der Waals surface area contributed by atoms with Gasteiger partial charge in [0.1, 0.15) is 12.1 Å². The standard InChI is InChI=1S/C44H26N4/c45-27-30-13-11-22-39-37-20-5-6-23-40(37)47(43(30)39)32-15-9-12-29(26-32)33-16-1-2-17-34(33)38-21-10-14-31(28-46)44(38)48-41-24-7-3-18-35(41)36-19-4-8-25-42(36)48/h1-26H. The molecule has 2 aromatic heterocycles. The van der Waals surface area contributed by atoms with E-state index in [1.807, 2.05) is 36.4 Å². The molecule has 222 valence electrons. The first-order valence-corrected chi connectivity index (χ1v) is 15.9. The summed E-state index contributed by atoms with van der Waals surface area (Å²) in [6, 6.07) is 58.9. The molecule has 0 amide bonds. The van der Waals surface area contributed by atoms with Crippen molar-refractivity contribution in [1.82, 2.24) is 9.13 Å². The van der Waals surface area contributed by atoms with Crippen molar-refractivity contribution in [1.29, 1.82) is 10.5 Å². The minimum absolute atomic E-state index is 0.608. The van der Waals surface area contributed by atoms with Gasteiger partial charge in [-0.05, 0) is 59.2 Å². The van der Waals surface area contributed by atoms with Crippen LogP contribution in [-0.4, -0.2) is 9.13 Å². The van der Waals surface area contributed by atoms with Gasteiger partial charge < -0.3 is 9.13 Å². The van der Waals surface area contributed by atoms with Crippen molar-refractivity contribution in [3.8, 4) is 45.8 Å². The molecule has 4 nitrogen and oxygen atoms in total. The molecular formula is C44H26N4. The van der Waals surface area contributed by atoms with E-state index >= 15 is 0 Å². The highest BCUT2D eigenvalue weighted by Crippen LogP contribution is 2.42. The number of hydrogen-bond donors (Lipinski definition) is 0. The lowest BCUT2D eigenvalue weighted by molar-refractivity contribution is 1.17. The quantitative estimate of drug-likeness (QED) is 0.199. The summed E-state index contributed by atoms with van der Waals surface area (Å²) in [5.74, 6) is 0. The molecule has 0 saturated heterocycles. The van der Waals surface area contributed by atoms with E-state index in [9.17, 15) is 10.5 Å². The minimum atomic E-state index is 0.608. The summed E-state index contributed by atoms with van der Waals surface area (Å²) in [4.78, 5) is 0. The summed E-state index contributed by atoms with van der Waals surface area (Å²) in [6.07, 6.45) is 0. The van der Waals surface area contributed by atoms with Crippen LogP contribution in [0.15, 0.2) is 158 Å². The first-order valence-electron chi connectivity index (χ1n) is 15.9. The van der Waals surface area contributed by atoms with Gasteiger partial charge in [0.2, 0.25) is 0 Å². The fraction of sp³-hybridized carbons (Fsp3) is 0. The maximum absolute atomic E-state index is 10.5. The third kappa shape index (κ3) is 4.01. The number of fused-ring (bicyclic) bond motifs is 6. The fourth-order valence-corrected chi connectivity index (χ4v) is 7.41. The van der Waals surface area contributed by atoms with Crippen molar-refractivity contribution in [3.05, 3.63) is 169 Å². The highest BCUT2D eigenvalue weighted by atomic mass is 15.0. The zero-order valence-electron chi connectivity index (χ0n) is 25.8. The number of aromatic nitrogens is 2. The average molecular weight is 611 g/mol. The second-order valence-electron chi connectivity index (χ2n) is 11.9. The molecule has 0 radical (unpaired) electrons. The Hall–Kier alpha value is -6.88. The lowest BCUT2D eigenvalue weighted by atomic mass is 9.92. The first-order chi connectivity index (χ1) is 23.8. The third-order valence-corrected chi connectivity index (χ3v) is 9.41. The predicted molar refractivity (Wildman–Crippen MR) is 195 cm³/mol. The summed E-state index contributed by atoms with van der Waals surface area (Å²) >= 11 is 0. The molecular weight excluding hydrogens is 585 g/mol. The van der Waals surface area contributed by atoms with Crippen LogP contribution >= 0.6 is 0 Å². The van der Waals surface area contributed by atoms with E-state index in [-0.39, 0.29) is 0 Å². The number of benzene rings is 7. The highest BCUT2D eigenvalue weighted by Gasteiger charge is 2.21. The summed E-state index contributed by atoms with van der Waals surface area (Å²) in [6.45, 7) is 0. The van der Waals surface area contributed by atoms with E-state index in [4.69, 9.17) is 0 Å². The second-order valence-corrected chi connectivity index (χ2v) is 11.9. The molecule has 7 aromatic carbocycles. The van der Waals surface area contributed by atoms with Crippen molar-refractivity contribution in [2.45, 2.75) is 0 Å². The number of nitrogens with zero attached hydrogens (tertiary/aromatic N) is 4. The molecule has 0 atom stereocenters. The molecule has 9 aromatic rings. The van der Waals surface area contributed by atoms with Gasteiger partial charge in [-0.2, -0.15) is 10.5 Å². The Morgan fingerprint density at radius 3 is 1.58 bits per heavy atom. The van der Waals surface area contributed by atoms with Crippen LogP contribution in [0.3, 0.4) is 0 Å². The van der Waals surface area contributed by atoms with E-state index in [0.717, 1.165) is 77.2 Å². The fourth-order valence-electron chi connectivity index (χ4n) is 7.41. The summed E-state index contributed by atoms with van der Waals surface area (Å²) in [5, 5.41) is 25.1. The molecule has 2 heterocycles. The predicted octanol–water partition coefficient (Wildman–Crippen LogP) is 11.0. The highest BCUT2D eigenvalue weighted by molar-refractivity contribution is 6.12. The molecule has 0 aliphatic heterocycles. The Labute approximate surface area is 277 Å². The molecule has 0 unspecified atom stereocenters. The van der Waals surface area contributed by atoms with Crippen LogP contribution < -0.4 is 0 Å². The van der Waals surface area contributed by atoms with Gasteiger partial charge in [-0.1, -0.05) is 115 Å². The van der Waals surface area contributed by atoms with E-state index in [1.165, 1.54) is 0 Å².